The minimum absolute atomic E-state index is 0.0807. The normalized spacial score (nSPS) is 20.8. The predicted octanol–water partition coefficient (Wildman–Crippen LogP) is 0.953. The molecule has 1 aliphatic heterocycles. The number of hydrogen-bond acceptors (Lipinski definition) is 5. The Morgan fingerprint density at radius 2 is 2.08 bits per heavy atom. The lowest BCUT2D eigenvalue weighted by molar-refractivity contribution is -0.128. The highest BCUT2D eigenvalue weighted by Gasteiger charge is 2.37. The molecule has 25 heavy (non-hydrogen) atoms. The van der Waals surface area contributed by atoms with Gasteiger partial charge < -0.3 is 20.3 Å². The van der Waals surface area contributed by atoms with Crippen molar-refractivity contribution >= 4 is 17.5 Å². The number of nitrogens with zero attached hydrogens (tertiary/aromatic N) is 2. The number of ether oxygens (including phenoxy) is 1. The molecule has 2 N–H and O–H groups in total. The van der Waals surface area contributed by atoms with E-state index in [1.54, 1.807) is 13.1 Å². The van der Waals surface area contributed by atoms with Crippen LogP contribution in [0, 0.1) is 11.3 Å². The summed E-state index contributed by atoms with van der Waals surface area (Å²) in [4.78, 5) is 26.3. The number of hydrogen-bond donors (Lipinski definition) is 2. The maximum Gasteiger partial charge on any atom is 0.262 e. The van der Waals surface area contributed by atoms with Crippen LogP contribution >= 0.6 is 0 Å². The third-order valence-corrected chi connectivity index (χ3v) is 4.78. The van der Waals surface area contributed by atoms with Gasteiger partial charge in [-0.05, 0) is 37.8 Å². The molecule has 0 unspecified atom stereocenters. The van der Waals surface area contributed by atoms with E-state index < -0.39 is 11.6 Å². The second kappa shape index (κ2) is 7.01. The molecule has 1 aromatic rings. The minimum Gasteiger partial charge on any atom is -0.477 e. The zero-order valence-corrected chi connectivity index (χ0v) is 14.2. The number of amides is 2. The van der Waals surface area contributed by atoms with Crippen molar-refractivity contribution in [2.24, 2.45) is 0 Å². The van der Waals surface area contributed by atoms with Crippen molar-refractivity contribution in [3.8, 4) is 11.8 Å². The summed E-state index contributed by atoms with van der Waals surface area (Å²) in [6, 6.07) is 9.59. The standard InChI is InChI=1S/C18H22N4O3/c1-20-17(24)15-10-22(13-6-2-3-7-14(13)25-15)11-16(23)21-18(12-19)8-4-5-9-18/h2-3,6-7,15H,4-5,8-11H2,1H3,(H,20,24)(H,21,23)/t15-/m0/s1. The van der Waals surface area contributed by atoms with E-state index in [0.29, 0.717) is 18.6 Å². The van der Waals surface area contributed by atoms with Gasteiger partial charge in [-0.3, -0.25) is 9.59 Å². The van der Waals surface area contributed by atoms with Gasteiger partial charge in [0.2, 0.25) is 5.91 Å². The van der Waals surface area contributed by atoms with Crippen molar-refractivity contribution in [2.75, 3.05) is 25.0 Å². The quantitative estimate of drug-likeness (QED) is 0.850. The van der Waals surface area contributed by atoms with Crippen LogP contribution in [0.3, 0.4) is 0 Å². The Hall–Kier alpha value is -2.75. The zero-order valence-electron chi connectivity index (χ0n) is 14.2. The number of fused-ring (bicyclic) bond motifs is 1. The van der Waals surface area contributed by atoms with Gasteiger partial charge in [-0.15, -0.1) is 0 Å². The third kappa shape index (κ3) is 3.53. The Morgan fingerprint density at radius 3 is 2.76 bits per heavy atom. The van der Waals surface area contributed by atoms with E-state index in [2.05, 4.69) is 16.7 Å². The van der Waals surface area contributed by atoms with Gasteiger partial charge in [-0.2, -0.15) is 5.26 Å². The molecule has 2 amide bonds. The van der Waals surface area contributed by atoms with E-state index in [1.807, 2.05) is 23.1 Å². The van der Waals surface area contributed by atoms with Crippen LogP contribution in [0.25, 0.3) is 0 Å². The van der Waals surface area contributed by atoms with Crippen molar-refractivity contribution in [1.29, 1.82) is 5.26 Å². The highest BCUT2D eigenvalue weighted by atomic mass is 16.5. The van der Waals surface area contributed by atoms with Crippen molar-refractivity contribution in [1.82, 2.24) is 10.6 Å². The highest BCUT2D eigenvalue weighted by Crippen LogP contribution is 2.33. The first-order valence-electron chi connectivity index (χ1n) is 8.51. The smallest absolute Gasteiger partial charge is 0.262 e. The molecule has 0 aromatic heterocycles. The Morgan fingerprint density at radius 1 is 1.36 bits per heavy atom. The summed E-state index contributed by atoms with van der Waals surface area (Å²) < 4.78 is 5.73. The summed E-state index contributed by atoms with van der Waals surface area (Å²) in [5, 5.41) is 14.9. The Kier molecular flexibility index (Phi) is 4.79. The first kappa shape index (κ1) is 17.1. The fraction of sp³-hybridized carbons (Fsp3) is 0.500. The van der Waals surface area contributed by atoms with E-state index in [9.17, 15) is 14.9 Å². The predicted molar refractivity (Wildman–Crippen MR) is 92.1 cm³/mol. The number of nitriles is 1. The molecule has 1 heterocycles. The van der Waals surface area contributed by atoms with Crippen molar-refractivity contribution < 1.29 is 14.3 Å². The van der Waals surface area contributed by atoms with Crippen LogP contribution in [0.15, 0.2) is 24.3 Å². The maximum absolute atomic E-state index is 12.5. The number of carbonyl (C=O) groups is 2. The molecule has 0 saturated heterocycles. The molecule has 0 radical (unpaired) electrons. The van der Waals surface area contributed by atoms with E-state index in [0.717, 1.165) is 18.5 Å². The Balaban J connectivity index is 1.75. The topological polar surface area (TPSA) is 94.5 Å². The van der Waals surface area contributed by atoms with Crippen molar-refractivity contribution in [2.45, 2.75) is 37.3 Å². The second-order valence-corrected chi connectivity index (χ2v) is 6.52. The van der Waals surface area contributed by atoms with E-state index in [4.69, 9.17) is 4.74 Å². The molecule has 1 aromatic carbocycles. The van der Waals surface area contributed by atoms with Gasteiger partial charge in [-0.1, -0.05) is 12.1 Å². The molecule has 3 rings (SSSR count). The molecular formula is C18H22N4O3. The summed E-state index contributed by atoms with van der Waals surface area (Å²) >= 11 is 0. The number of para-hydroxylation sites is 2. The largest absolute Gasteiger partial charge is 0.477 e. The molecule has 1 fully saturated rings. The third-order valence-electron chi connectivity index (χ3n) is 4.78. The summed E-state index contributed by atoms with van der Waals surface area (Å²) in [7, 11) is 1.56. The Bertz CT molecular complexity index is 707. The van der Waals surface area contributed by atoms with Crippen LogP contribution in [0.4, 0.5) is 5.69 Å². The second-order valence-electron chi connectivity index (χ2n) is 6.52. The SMILES string of the molecule is CNC(=O)[C@@H]1CN(CC(=O)NC2(C#N)CCCC2)c2ccccc2O1. The average molecular weight is 342 g/mol. The van der Waals surface area contributed by atoms with E-state index in [1.165, 1.54) is 0 Å². The molecule has 1 atom stereocenters. The monoisotopic (exact) mass is 342 g/mol. The van der Waals surface area contributed by atoms with Crippen LogP contribution in [-0.4, -0.2) is 43.6 Å². The van der Waals surface area contributed by atoms with Gasteiger partial charge >= 0.3 is 0 Å². The highest BCUT2D eigenvalue weighted by molar-refractivity contribution is 5.86. The molecule has 1 aliphatic carbocycles. The van der Waals surface area contributed by atoms with E-state index >= 15 is 0 Å². The fourth-order valence-corrected chi connectivity index (χ4v) is 3.48. The van der Waals surface area contributed by atoms with Gasteiger partial charge in [-0.25, -0.2) is 0 Å². The zero-order chi connectivity index (χ0) is 17.9. The summed E-state index contributed by atoms with van der Waals surface area (Å²) in [6.45, 7) is 0.362. The van der Waals surface area contributed by atoms with Gasteiger partial charge in [0.25, 0.3) is 5.91 Å². The first-order chi connectivity index (χ1) is 12.1. The van der Waals surface area contributed by atoms with Gasteiger partial charge in [0, 0.05) is 7.05 Å². The maximum atomic E-state index is 12.5. The van der Waals surface area contributed by atoms with Crippen molar-refractivity contribution in [3.05, 3.63) is 24.3 Å². The van der Waals surface area contributed by atoms with Crippen LogP contribution in [0.2, 0.25) is 0 Å². The van der Waals surface area contributed by atoms with Crippen LogP contribution in [0.5, 0.6) is 5.75 Å². The van der Waals surface area contributed by atoms with Gasteiger partial charge in [0.05, 0.1) is 24.8 Å². The van der Waals surface area contributed by atoms with Gasteiger partial charge in [0.15, 0.2) is 6.10 Å². The molecule has 7 nitrogen and oxygen atoms in total. The van der Waals surface area contributed by atoms with Crippen molar-refractivity contribution in [3.63, 3.8) is 0 Å². The molecule has 2 aliphatic rings. The lowest BCUT2D eigenvalue weighted by atomic mass is 10.00. The van der Waals surface area contributed by atoms with Crippen LogP contribution in [-0.2, 0) is 9.59 Å². The molecule has 7 heteroatoms. The molecule has 1 saturated carbocycles. The summed E-state index contributed by atoms with van der Waals surface area (Å²) in [5.41, 5.74) is 0.0264. The number of anilines is 1. The Labute approximate surface area is 146 Å². The summed E-state index contributed by atoms with van der Waals surface area (Å²) in [5.74, 6) is 0.131. The van der Waals surface area contributed by atoms with E-state index in [-0.39, 0.29) is 24.9 Å². The molecule has 132 valence electrons. The number of carbonyl (C=O) groups excluding carboxylic acids is 2. The lowest BCUT2D eigenvalue weighted by Gasteiger charge is -2.35. The average Bonchev–Trinajstić information content (AvgIpc) is 3.09. The lowest BCUT2D eigenvalue weighted by Crippen LogP contribution is -2.53. The van der Waals surface area contributed by atoms with Crippen LogP contribution < -0.4 is 20.3 Å². The summed E-state index contributed by atoms with van der Waals surface area (Å²) in [6.07, 6.45) is 2.61. The fourth-order valence-electron chi connectivity index (χ4n) is 3.48. The number of likely N-dealkylation sites (N-methyl/N-ethyl adjacent to an activating group) is 1. The molecule has 0 spiro atoms. The first-order valence-corrected chi connectivity index (χ1v) is 8.51. The van der Waals surface area contributed by atoms with Gasteiger partial charge in [0.1, 0.15) is 11.3 Å². The molecular weight excluding hydrogens is 320 g/mol. The molecule has 0 bridgehead atoms. The number of benzene rings is 1. The number of rotatable bonds is 4. The van der Waals surface area contributed by atoms with Crippen LogP contribution in [0.1, 0.15) is 25.7 Å². The minimum atomic E-state index is -0.747. The number of nitrogens with one attached hydrogen (secondary N) is 2.